The molecule has 0 radical (unpaired) electrons. The number of carbonyl (C=O) groups is 2. The molecule has 1 unspecified atom stereocenters. The van der Waals surface area contributed by atoms with Gasteiger partial charge in [-0.25, -0.2) is 8.42 Å². The lowest BCUT2D eigenvalue weighted by atomic mass is 10.0. The van der Waals surface area contributed by atoms with Crippen molar-refractivity contribution in [3.8, 4) is 5.75 Å². The van der Waals surface area contributed by atoms with Crippen molar-refractivity contribution in [1.82, 2.24) is 10.2 Å². The van der Waals surface area contributed by atoms with E-state index in [1.807, 2.05) is 57.2 Å². The van der Waals surface area contributed by atoms with Crippen molar-refractivity contribution in [2.75, 3.05) is 24.2 Å². The summed E-state index contributed by atoms with van der Waals surface area (Å²) < 4.78 is 32.1. The fourth-order valence-electron chi connectivity index (χ4n) is 4.22. The van der Waals surface area contributed by atoms with Crippen LogP contribution in [0.2, 0.25) is 5.02 Å². The van der Waals surface area contributed by atoms with Gasteiger partial charge in [0.15, 0.2) is 0 Å². The number of halogens is 1. The Hall–Kier alpha value is -3.56. The summed E-state index contributed by atoms with van der Waals surface area (Å²) in [4.78, 5) is 29.3. The molecule has 0 aliphatic rings. The van der Waals surface area contributed by atoms with E-state index in [9.17, 15) is 18.0 Å². The molecule has 0 aliphatic heterocycles. The smallest absolute Gasteiger partial charge is 0.244 e. The first kappa shape index (κ1) is 31.0. The summed E-state index contributed by atoms with van der Waals surface area (Å²) in [5, 5.41) is 3.18. The molecule has 40 heavy (non-hydrogen) atoms. The van der Waals surface area contributed by atoms with Gasteiger partial charge in [0, 0.05) is 18.5 Å². The fourth-order valence-corrected chi connectivity index (χ4v) is 5.37. The Balaban J connectivity index is 2.10. The van der Waals surface area contributed by atoms with Gasteiger partial charge in [-0.3, -0.25) is 13.9 Å². The molecule has 0 aromatic heterocycles. The first-order chi connectivity index (χ1) is 18.8. The maximum Gasteiger partial charge on any atom is 0.244 e. The van der Waals surface area contributed by atoms with Crippen LogP contribution in [0.4, 0.5) is 5.69 Å². The summed E-state index contributed by atoms with van der Waals surface area (Å²) in [6.45, 7) is 5.09. The van der Waals surface area contributed by atoms with Crippen LogP contribution in [0.15, 0.2) is 78.9 Å². The molecular formula is C30H36ClN3O5S. The molecule has 0 spiro atoms. The molecule has 8 nitrogen and oxygen atoms in total. The van der Waals surface area contributed by atoms with Crippen molar-refractivity contribution < 1.29 is 22.7 Å². The average Bonchev–Trinajstić information content (AvgIpc) is 2.88. The van der Waals surface area contributed by atoms with Crippen molar-refractivity contribution in [1.29, 1.82) is 0 Å². The molecule has 0 saturated heterocycles. The molecule has 1 atom stereocenters. The minimum atomic E-state index is -3.91. The summed E-state index contributed by atoms with van der Waals surface area (Å²) in [6, 6.07) is 22.1. The highest BCUT2D eigenvalue weighted by molar-refractivity contribution is 7.92. The third-order valence-corrected chi connectivity index (χ3v) is 7.50. The number of hydrogen-bond acceptors (Lipinski definition) is 5. The molecule has 0 aliphatic carbocycles. The van der Waals surface area contributed by atoms with Gasteiger partial charge in [0.25, 0.3) is 0 Å². The third-order valence-electron chi connectivity index (χ3n) is 6.06. The predicted octanol–water partition coefficient (Wildman–Crippen LogP) is 4.67. The van der Waals surface area contributed by atoms with Gasteiger partial charge in [-0.15, -0.1) is 0 Å². The first-order valence-corrected chi connectivity index (χ1v) is 15.0. The Labute approximate surface area is 241 Å². The van der Waals surface area contributed by atoms with E-state index in [4.69, 9.17) is 16.3 Å². The second-order valence-corrected chi connectivity index (χ2v) is 12.9. The van der Waals surface area contributed by atoms with Gasteiger partial charge < -0.3 is 15.0 Å². The number of anilines is 1. The number of rotatable bonds is 11. The van der Waals surface area contributed by atoms with Crippen LogP contribution >= 0.6 is 11.6 Å². The van der Waals surface area contributed by atoms with Crippen LogP contribution < -0.4 is 14.4 Å². The Bertz CT molecular complexity index is 1420. The van der Waals surface area contributed by atoms with Gasteiger partial charge >= 0.3 is 0 Å². The van der Waals surface area contributed by atoms with Crippen molar-refractivity contribution in [3.63, 3.8) is 0 Å². The van der Waals surface area contributed by atoms with Gasteiger partial charge in [0.05, 0.1) is 24.1 Å². The fraction of sp³-hybridized carbons (Fsp3) is 0.333. The Morgan fingerprint density at radius 3 is 2.17 bits per heavy atom. The van der Waals surface area contributed by atoms with E-state index in [0.717, 1.165) is 21.7 Å². The monoisotopic (exact) mass is 585 g/mol. The molecule has 2 amide bonds. The Kier molecular flexibility index (Phi) is 10.2. The van der Waals surface area contributed by atoms with E-state index >= 15 is 0 Å². The Morgan fingerprint density at radius 2 is 1.57 bits per heavy atom. The molecule has 0 fully saturated rings. The van der Waals surface area contributed by atoms with Crippen LogP contribution in [-0.2, 0) is 32.6 Å². The zero-order valence-corrected chi connectivity index (χ0v) is 25.0. The number of methoxy groups -OCH3 is 1. The summed E-state index contributed by atoms with van der Waals surface area (Å²) in [6.07, 6.45) is 1.24. The molecule has 0 bridgehead atoms. The normalized spacial score (nSPS) is 12.3. The number of benzene rings is 3. The lowest BCUT2D eigenvalue weighted by Gasteiger charge is -2.35. The van der Waals surface area contributed by atoms with Crippen molar-refractivity contribution in [2.45, 2.75) is 45.3 Å². The second kappa shape index (κ2) is 13.2. The summed E-state index contributed by atoms with van der Waals surface area (Å²) in [5.41, 5.74) is 1.19. The summed E-state index contributed by atoms with van der Waals surface area (Å²) >= 11 is 6.34. The van der Waals surface area contributed by atoms with E-state index in [1.54, 1.807) is 43.5 Å². The number of hydrogen-bond donors (Lipinski definition) is 1. The maximum atomic E-state index is 14.1. The maximum absolute atomic E-state index is 14.1. The van der Waals surface area contributed by atoms with E-state index in [0.29, 0.717) is 5.75 Å². The molecule has 0 saturated carbocycles. The number of nitrogens with zero attached hydrogens (tertiary/aromatic N) is 2. The van der Waals surface area contributed by atoms with Gasteiger partial charge in [0.1, 0.15) is 18.3 Å². The molecule has 1 N–H and O–H groups in total. The topological polar surface area (TPSA) is 96.0 Å². The van der Waals surface area contributed by atoms with E-state index in [1.165, 1.54) is 11.0 Å². The number of ether oxygens (including phenoxy) is 1. The highest BCUT2D eigenvalue weighted by Crippen LogP contribution is 2.28. The van der Waals surface area contributed by atoms with Crippen LogP contribution in [-0.4, -0.2) is 56.6 Å². The van der Waals surface area contributed by atoms with Crippen LogP contribution in [0.5, 0.6) is 5.75 Å². The lowest BCUT2D eigenvalue weighted by molar-refractivity contribution is -0.140. The largest absolute Gasteiger partial charge is 0.497 e. The Morgan fingerprint density at radius 1 is 0.950 bits per heavy atom. The molecular weight excluding hydrogens is 550 g/mol. The lowest BCUT2D eigenvalue weighted by Crippen LogP contribution is -2.56. The molecule has 10 heteroatoms. The van der Waals surface area contributed by atoms with Gasteiger partial charge in [-0.2, -0.15) is 0 Å². The molecule has 0 heterocycles. The van der Waals surface area contributed by atoms with Crippen molar-refractivity contribution in [2.24, 2.45) is 0 Å². The zero-order valence-electron chi connectivity index (χ0n) is 23.4. The minimum Gasteiger partial charge on any atom is -0.497 e. The molecule has 3 aromatic rings. The van der Waals surface area contributed by atoms with Crippen LogP contribution in [0.3, 0.4) is 0 Å². The zero-order chi connectivity index (χ0) is 29.5. The number of para-hydroxylation sites is 1. The van der Waals surface area contributed by atoms with Gasteiger partial charge in [0.2, 0.25) is 21.8 Å². The predicted molar refractivity (Wildman–Crippen MR) is 159 cm³/mol. The SMILES string of the molecule is COc1cccc(CN(C(=O)CN(c2ccccc2Cl)S(C)(=O)=O)C(Cc2ccccc2)C(=O)NC(C)(C)C)c1. The number of carbonyl (C=O) groups excluding carboxylic acids is 2. The van der Waals surface area contributed by atoms with E-state index in [-0.39, 0.29) is 29.6 Å². The molecule has 3 aromatic carbocycles. The van der Waals surface area contributed by atoms with Crippen molar-refractivity contribution in [3.05, 3.63) is 95.0 Å². The third kappa shape index (κ3) is 8.72. The second-order valence-electron chi connectivity index (χ2n) is 10.5. The van der Waals surface area contributed by atoms with Crippen LogP contribution in [0.1, 0.15) is 31.9 Å². The highest BCUT2D eigenvalue weighted by Gasteiger charge is 2.34. The minimum absolute atomic E-state index is 0.0468. The van der Waals surface area contributed by atoms with Gasteiger partial charge in [-0.1, -0.05) is 66.2 Å². The summed E-state index contributed by atoms with van der Waals surface area (Å²) in [7, 11) is -2.36. The van der Waals surface area contributed by atoms with Crippen molar-refractivity contribution >= 4 is 39.1 Å². The van der Waals surface area contributed by atoms with Crippen LogP contribution in [0, 0.1) is 0 Å². The average molecular weight is 586 g/mol. The van der Waals surface area contributed by atoms with Gasteiger partial charge in [-0.05, 0) is 56.2 Å². The van der Waals surface area contributed by atoms with Crippen LogP contribution in [0.25, 0.3) is 0 Å². The number of amides is 2. The molecule has 214 valence electrons. The van der Waals surface area contributed by atoms with E-state index in [2.05, 4.69) is 5.32 Å². The standard InChI is InChI=1S/C30H36ClN3O5S/c1-30(2,3)32-29(36)27(19-22-12-7-6-8-13-22)33(20-23-14-11-15-24(18-23)39-4)28(35)21-34(40(5,37)38)26-17-10-9-16-25(26)31/h6-18,27H,19-21H2,1-5H3,(H,32,36). The number of nitrogens with one attached hydrogen (secondary N) is 1. The summed E-state index contributed by atoms with van der Waals surface area (Å²) in [5.74, 6) is -0.313. The highest BCUT2D eigenvalue weighted by atomic mass is 35.5. The number of sulfonamides is 1. The first-order valence-electron chi connectivity index (χ1n) is 12.8. The molecule has 3 rings (SSSR count). The van der Waals surface area contributed by atoms with E-state index < -0.39 is 34.1 Å². The quantitative estimate of drug-likeness (QED) is 0.353.